The average Bonchev–Trinajstić information content (AvgIpc) is 3.22. The zero-order valence-corrected chi connectivity index (χ0v) is 14.4. The molecule has 2 N–H and O–H groups in total. The molecular weight excluding hydrogens is 358 g/mol. The van der Waals surface area contributed by atoms with Gasteiger partial charge in [0.1, 0.15) is 0 Å². The molecule has 0 aliphatic carbocycles. The molecule has 3 aromatic heterocycles. The first-order chi connectivity index (χ1) is 12.9. The minimum absolute atomic E-state index is 0.110. The van der Waals surface area contributed by atoms with Crippen LogP contribution in [0.3, 0.4) is 0 Å². The van der Waals surface area contributed by atoms with Crippen molar-refractivity contribution in [2.24, 2.45) is 0 Å². The molecule has 1 aliphatic heterocycles. The van der Waals surface area contributed by atoms with Crippen LogP contribution in [-0.4, -0.2) is 56.8 Å². The van der Waals surface area contributed by atoms with E-state index in [1.165, 1.54) is 17.8 Å². The minimum atomic E-state index is -2.67. The molecule has 0 spiro atoms. The number of aromatic nitrogens is 5. The van der Waals surface area contributed by atoms with Crippen LogP contribution in [0.4, 0.5) is 26.1 Å². The SMILES string of the molecule is CNC(=O)c1nnccc1Nc1nc2ccc(N3CCC(F)(F)C3)cn2n1. The normalized spacial score (nSPS) is 15.9. The van der Waals surface area contributed by atoms with Crippen molar-refractivity contribution in [2.45, 2.75) is 12.3 Å². The fourth-order valence-corrected chi connectivity index (χ4v) is 2.91. The fourth-order valence-electron chi connectivity index (χ4n) is 2.91. The highest BCUT2D eigenvalue weighted by molar-refractivity contribution is 5.97. The molecule has 1 aliphatic rings. The molecule has 27 heavy (non-hydrogen) atoms. The quantitative estimate of drug-likeness (QED) is 0.713. The fraction of sp³-hybridized carbons (Fsp3) is 0.312. The lowest BCUT2D eigenvalue weighted by Gasteiger charge is -2.17. The van der Waals surface area contributed by atoms with Gasteiger partial charge in [-0.15, -0.1) is 10.2 Å². The van der Waals surface area contributed by atoms with Crippen LogP contribution in [-0.2, 0) is 0 Å². The van der Waals surface area contributed by atoms with Crippen molar-refractivity contribution in [1.82, 2.24) is 30.1 Å². The monoisotopic (exact) mass is 374 g/mol. The molecule has 0 saturated carbocycles. The number of fused-ring (bicyclic) bond motifs is 1. The number of alkyl halides is 2. The van der Waals surface area contributed by atoms with E-state index in [0.29, 0.717) is 17.0 Å². The number of halogens is 2. The van der Waals surface area contributed by atoms with E-state index in [1.54, 1.807) is 29.3 Å². The van der Waals surface area contributed by atoms with E-state index in [-0.39, 0.29) is 31.2 Å². The average molecular weight is 374 g/mol. The van der Waals surface area contributed by atoms with E-state index in [2.05, 4.69) is 30.9 Å². The van der Waals surface area contributed by atoms with Gasteiger partial charge in [-0.05, 0) is 18.2 Å². The van der Waals surface area contributed by atoms with E-state index < -0.39 is 11.8 Å². The van der Waals surface area contributed by atoms with Crippen molar-refractivity contribution in [3.05, 3.63) is 36.3 Å². The number of hydrogen-bond donors (Lipinski definition) is 2. The Hall–Kier alpha value is -3.37. The van der Waals surface area contributed by atoms with Gasteiger partial charge in [0.2, 0.25) is 5.95 Å². The van der Waals surface area contributed by atoms with Crippen LogP contribution in [0.1, 0.15) is 16.9 Å². The number of pyridine rings is 1. The third kappa shape index (κ3) is 3.35. The summed E-state index contributed by atoms with van der Waals surface area (Å²) < 4.78 is 28.4. The number of carbonyl (C=O) groups is 1. The molecule has 0 atom stereocenters. The highest BCUT2D eigenvalue weighted by atomic mass is 19.3. The maximum absolute atomic E-state index is 13.4. The molecule has 9 nitrogen and oxygen atoms in total. The Morgan fingerprint density at radius 3 is 2.89 bits per heavy atom. The predicted molar refractivity (Wildman–Crippen MR) is 93.5 cm³/mol. The van der Waals surface area contributed by atoms with Gasteiger partial charge in [0, 0.05) is 20.0 Å². The molecule has 1 fully saturated rings. The summed E-state index contributed by atoms with van der Waals surface area (Å²) in [5.74, 6) is -2.82. The first-order valence-electron chi connectivity index (χ1n) is 8.25. The standard InChI is InChI=1S/C16H16F2N8O/c1-19-14(27)13-11(4-6-20-23-13)21-15-22-12-3-2-10(8-26(12)24-15)25-7-5-16(17,18)9-25/h2-4,6,8H,5,7,9H2,1H3,(H,19,27)(H,20,21,24). The number of nitrogens with zero attached hydrogens (tertiary/aromatic N) is 6. The van der Waals surface area contributed by atoms with Crippen LogP contribution in [0, 0.1) is 0 Å². The summed E-state index contributed by atoms with van der Waals surface area (Å²) in [7, 11) is 1.49. The maximum atomic E-state index is 13.4. The molecule has 4 heterocycles. The third-order valence-corrected chi connectivity index (χ3v) is 4.26. The van der Waals surface area contributed by atoms with E-state index in [1.807, 2.05) is 0 Å². The smallest absolute Gasteiger partial charge is 0.273 e. The molecule has 0 bridgehead atoms. The van der Waals surface area contributed by atoms with Gasteiger partial charge in [0.15, 0.2) is 11.3 Å². The van der Waals surface area contributed by atoms with Crippen LogP contribution in [0.5, 0.6) is 0 Å². The lowest BCUT2D eigenvalue weighted by atomic mass is 10.3. The van der Waals surface area contributed by atoms with Crippen LogP contribution in [0.2, 0.25) is 0 Å². The van der Waals surface area contributed by atoms with Crippen molar-refractivity contribution in [1.29, 1.82) is 0 Å². The molecule has 3 aromatic rings. The van der Waals surface area contributed by atoms with Gasteiger partial charge >= 0.3 is 0 Å². The Morgan fingerprint density at radius 2 is 2.15 bits per heavy atom. The van der Waals surface area contributed by atoms with E-state index in [9.17, 15) is 13.6 Å². The van der Waals surface area contributed by atoms with Gasteiger partial charge in [0.25, 0.3) is 11.8 Å². The Bertz CT molecular complexity index is 1010. The summed E-state index contributed by atoms with van der Waals surface area (Å²) in [6.45, 7) is -0.0209. The van der Waals surface area contributed by atoms with Crippen LogP contribution in [0.25, 0.3) is 5.65 Å². The molecular formula is C16H16F2N8O. The summed E-state index contributed by atoms with van der Waals surface area (Å²) in [4.78, 5) is 17.8. The second-order valence-electron chi connectivity index (χ2n) is 6.15. The van der Waals surface area contributed by atoms with Gasteiger partial charge in [-0.1, -0.05) is 0 Å². The lowest BCUT2D eigenvalue weighted by Crippen LogP contribution is -2.25. The number of rotatable bonds is 4. The van der Waals surface area contributed by atoms with Crippen molar-refractivity contribution in [2.75, 3.05) is 30.4 Å². The number of anilines is 3. The van der Waals surface area contributed by atoms with Gasteiger partial charge < -0.3 is 15.5 Å². The van der Waals surface area contributed by atoms with E-state index >= 15 is 0 Å². The molecule has 1 amide bonds. The Labute approximate surface area is 152 Å². The Kier molecular flexibility index (Phi) is 4.05. The third-order valence-electron chi connectivity index (χ3n) is 4.26. The van der Waals surface area contributed by atoms with Crippen molar-refractivity contribution < 1.29 is 13.6 Å². The lowest BCUT2D eigenvalue weighted by molar-refractivity contribution is 0.0257. The molecule has 0 unspecified atom stereocenters. The zero-order valence-electron chi connectivity index (χ0n) is 14.4. The molecule has 140 valence electrons. The van der Waals surface area contributed by atoms with Crippen LogP contribution >= 0.6 is 0 Å². The second-order valence-corrected chi connectivity index (χ2v) is 6.15. The zero-order chi connectivity index (χ0) is 19.0. The molecule has 0 aromatic carbocycles. The molecule has 4 rings (SSSR count). The summed E-state index contributed by atoms with van der Waals surface area (Å²) in [6.07, 6.45) is 2.93. The summed E-state index contributed by atoms with van der Waals surface area (Å²) in [5.41, 5.74) is 1.70. The van der Waals surface area contributed by atoms with Crippen LogP contribution < -0.4 is 15.5 Å². The van der Waals surface area contributed by atoms with Crippen LogP contribution in [0.15, 0.2) is 30.6 Å². The first kappa shape index (κ1) is 17.1. The Morgan fingerprint density at radius 1 is 1.30 bits per heavy atom. The van der Waals surface area contributed by atoms with Crippen molar-refractivity contribution >= 4 is 28.9 Å². The molecule has 11 heteroatoms. The first-order valence-corrected chi connectivity index (χ1v) is 8.25. The topological polar surface area (TPSA) is 100 Å². The van der Waals surface area contributed by atoms with Gasteiger partial charge in [-0.3, -0.25) is 4.79 Å². The van der Waals surface area contributed by atoms with Crippen molar-refractivity contribution in [3.8, 4) is 0 Å². The van der Waals surface area contributed by atoms with Crippen molar-refractivity contribution in [3.63, 3.8) is 0 Å². The number of amides is 1. The van der Waals surface area contributed by atoms with Gasteiger partial charge in [0.05, 0.1) is 30.3 Å². The maximum Gasteiger partial charge on any atom is 0.273 e. The predicted octanol–water partition coefficient (Wildman–Crippen LogP) is 1.47. The Balaban J connectivity index is 1.61. The number of nitrogens with one attached hydrogen (secondary N) is 2. The highest BCUT2D eigenvalue weighted by Crippen LogP contribution is 2.30. The molecule has 0 radical (unpaired) electrons. The highest BCUT2D eigenvalue weighted by Gasteiger charge is 2.38. The largest absolute Gasteiger partial charge is 0.364 e. The molecule has 1 saturated heterocycles. The number of carbonyl (C=O) groups excluding carboxylic acids is 1. The summed E-state index contributed by atoms with van der Waals surface area (Å²) in [5, 5.41) is 17.2. The summed E-state index contributed by atoms with van der Waals surface area (Å²) in [6, 6.07) is 5.02. The second kappa shape index (κ2) is 6.41. The number of hydrogen-bond acceptors (Lipinski definition) is 7. The minimum Gasteiger partial charge on any atom is -0.364 e. The van der Waals surface area contributed by atoms with E-state index in [0.717, 1.165) is 0 Å². The summed E-state index contributed by atoms with van der Waals surface area (Å²) >= 11 is 0. The van der Waals surface area contributed by atoms with E-state index in [4.69, 9.17) is 0 Å². The van der Waals surface area contributed by atoms with Gasteiger partial charge in [-0.2, -0.15) is 10.1 Å². The van der Waals surface area contributed by atoms with Gasteiger partial charge in [-0.25, -0.2) is 13.3 Å².